The lowest BCUT2D eigenvalue weighted by Gasteiger charge is -2.27. The van der Waals surface area contributed by atoms with Crippen molar-refractivity contribution in [2.75, 3.05) is 13.7 Å². The summed E-state index contributed by atoms with van der Waals surface area (Å²) in [5.74, 6) is -0.520. The molecule has 1 amide bonds. The van der Waals surface area contributed by atoms with Crippen molar-refractivity contribution in [2.24, 2.45) is 5.11 Å². The number of hydrogen-bond acceptors (Lipinski definition) is 6. The van der Waals surface area contributed by atoms with Crippen molar-refractivity contribution in [3.63, 3.8) is 0 Å². The minimum atomic E-state index is -0.740. The first-order chi connectivity index (χ1) is 8.78. The second-order valence-electron chi connectivity index (χ2n) is 5.28. The summed E-state index contributed by atoms with van der Waals surface area (Å²) in [5.41, 5.74) is 6.06. The molecule has 19 heavy (non-hydrogen) atoms. The molecule has 1 aliphatic rings. The fraction of sp³-hybridized carbons (Fsp3) is 0.818. The van der Waals surface area contributed by atoms with Crippen LogP contribution in [0, 0.1) is 5.53 Å². The Morgan fingerprint density at radius 2 is 2.05 bits per heavy atom. The standard InChI is InChI=1S/C11H19N4O4/c1-11(2,3)19-10(17)15-6-7(13-14-12)5-8(15)9(16)18-4/h7-8,12H,5-6H2,1-4H3/q+1/t7-,8+/m0/s1. The van der Waals surface area contributed by atoms with Crippen LogP contribution in [0.5, 0.6) is 0 Å². The van der Waals surface area contributed by atoms with E-state index in [2.05, 4.69) is 14.8 Å². The summed E-state index contributed by atoms with van der Waals surface area (Å²) in [4.78, 5) is 27.9. The zero-order valence-corrected chi connectivity index (χ0v) is 11.5. The lowest BCUT2D eigenvalue weighted by molar-refractivity contribution is -0.145. The largest absolute Gasteiger partial charge is 0.467 e. The van der Waals surface area contributed by atoms with Gasteiger partial charge in [0.1, 0.15) is 22.3 Å². The molecule has 1 rings (SSSR count). The molecule has 2 atom stereocenters. The number of nitrogens with zero attached hydrogens (tertiary/aromatic N) is 3. The molecule has 8 heteroatoms. The van der Waals surface area contributed by atoms with E-state index in [1.807, 2.05) is 0 Å². The van der Waals surface area contributed by atoms with Gasteiger partial charge >= 0.3 is 12.1 Å². The molecule has 0 aliphatic carbocycles. The van der Waals surface area contributed by atoms with Gasteiger partial charge in [0.15, 0.2) is 6.04 Å². The zero-order chi connectivity index (χ0) is 14.6. The molecule has 0 aromatic heterocycles. The highest BCUT2D eigenvalue weighted by Gasteiger charge is 2.44. The number of carbonyl (C=O) groups excluding carboxylic acids is 2. The topological polar surface area (TPSA) is 106 Å². The van der Waals surface area contributed by atoms with E-state index in [-0.39, 0.29) is 19.0 Å². The molecular weight excluding hydrogens is 252 g/mol. The van der Waals surface area contributed by atoms with Crippen molar-refractivity contribution in [3.05, 3.63) is 0 Å². The molecule has 0 spiro atoms. The fourth-order valence-electron chi connectivity index (χ4n) is 1.86. The predicted molar refractivity (Wildman–Crippen MR) is 64.4 cm³/mol. The molecule has 1 aliphatic heterocycles. The number of esters is 1. The summed E-state index contributed by atoms with van der Waals surface area (Å²) in [7, 11) is 1.26. The highest BCUT2D eigenvalue weighted by Crippen LogP contribution is 2.23. The number of nitrogens with one attached hydrogen (secondary N) is 1. The van der Waals surface area contributed by atoms with Crippen molar-refractivity contribution in [3.8, 4) is 0 Å². The first-order valence-electron chi connectivity index (χ1n) is 5.92. The van der Waals surface area contributed by atoms with Crippen molar-refractivity contribution in [1.29, 1.82) is 5.53 Å². The number of methoxy groups -OCH3 is 1. The molecule has 0 aromatic rings. The first-order valence-corrected chi connectivity index (χ1v) is 5.92. The molecule has 1 fully saturated rings. The molecule has 1 heterocycles. The Labute approximate surface area is 111 Å². The number of amides is 1. The Morgan fingerprint density at radius 3 is 2.53 bits per heavy atom. The van der Waals surface area contributed by atoms with Gasteiger partial charge in [0, 0.05) is 6.42 Å². The number of ether oxygens (including phenoxy) is 2. The highest BCUT2D eigenvalue weighted by atomic mass is 16.6. The van der Waals surface area contributed by atoms with Gasteiger partial charge in [-0.2, -0.15) is 0 Å². The van der Waals surface area contributed by atoms with E-state index in [1.54, 1.807) is 20.8 Å². The second-order valence-corrected chi connectivity index (χ2v) is 5.28. The Bertz CT molecular complexity index is 411. The van der Waals surface area contributed by atoms with Gasteiger partial charge in [-0.25, -0.2) is 9.59 Å². The van der Waals surface area contributed by atoms with Crippen molar-refractivity contribution >= 4 is 12.1 Å². The van der Waals surface area contributed by atoms with Gasteiger partial charge in [0.2, 0.25) is 4.91 Å². The van der Waals surface area contributed by atoms with Crippen LogP contribution in [-0.2, 0) is 14.3 Å². The molecule has 0 aromatic carbocycles. The van der Waals surface area contributed by atoms with E-state index in [1.165, 1.54) is 12.0 Å². The Kier molecular flexibility index (Phi) is 4.61. The smallest absolute Gasteiger partial charge is 0.411 e. The maximum absolute atomic E-state index is 12.0. The molecule has 0 saturated carbocycles. The zero-order valence-electron chi connectivity index (χ0n) is 11.5. The Hall–Kier alpha value is -1.95. The SMILES string of the molecule is COC(=O)[C@H]1C[C@H](N=[N+]=N)CN1C(=O)OC(C)(C)C. The lowest BCUT2D eigenvalue weighted by Crippen LogP contribution is -2.43. The van der Waals surface area contributed by atoms with Crippen LogP contribution in [0.15, 0.2) is 5.11 Å². The quantitative estimate of drug-likeness (QED) is 0.461. The number of hydrogen-bond donors (Lipinski definition) is 1. The van der Waals surface area contributed by atoms with Crippen molar-refractivity contribution < 1.29 is 19.1 Å². The van der Waals surface area contributed by atoms with Gasteiger partial charge in [-0.15, -0.1) is 0 Å². The van der Waals surface area contributed by atoms with E-state index in [0.29, 0.717) is 0 Å². The monoisotopic (exact) mass is 271 g/mol. The lowest BCUT2D eigenvalue weighted by atomic mass is 10.2. The Balaban J connectivity index is 2.85. The third-order valence-corrected chi connectivity index (χ3v) is 2.60. The Morgan fingerprint density at radius 1 is 1.42 bits per heavy atom. The first kappa shape index (κ1) is 15.1. The fourth-order valence-corrected chi connectivity index (χ4v) is 1.86. The van der Waals surface area contributed by atoms with Crippen molar-refractivity contribution in [1.82, 2.24) is 9.81 Å². The molecule has 0 unspecified atom stereocenters. The van der Waals surface area contributed by atoms with E-state index in [9.17, 15) is 9.59 Å². The molecule has 1 saturated heterocycles. The molecule has 0 bridgehead atoms. The van der Waals surface area contributed by atoms with Gasteiger partial charge in [-0.1, -0.05) is 0 Å². The maximum Gasteiger partial charge on any atom is 0.411 e. The minimum Gasteiger partial charge on any atom is -0.467 e. The maximum atomic E-state index is 12.0. The van der Waals surface area contributed by atoms with Gasteiger partial charge < -0.3 is 9.47 Å². The third-order valence-electron chi connectivity index (χ3n) is 2.60. The van der Waals surface area contributed by atoms with Gasteiger partial charge in [-0.3, -0.25) is 4.90 Å². The van der Waals surface area contributed by atoms with Gasteiger partial charge in [-0.05, 0) is 20.8 Å². The molecule has 106 valence electrons. The van der Waals surface area contributed by atoms with E-state index < -0.39 is 23.7 Å². The predicted octanol–water partition coefficient (Wildman–Crippen LogP) is 1.09. The van der Waals surface area contributed by atoms with Crippen LogP contribution in [0.2, 0.25) is 0 Å². The van der Waals surface area contributed by atoms with Crippen LogP contribution in [0.4, 0.5) is 4.79 Å². The van der Waals surface area contributed by atoms with Gasteiger partial charge in [0.25, 0.3) is 0 Å². The summed E-state index contributed by atoms with van der Waals surface area (Å²) in [6.07, 6.45) is -0.306. The average Bonchev–Trinajstić information content (AvgIpc) is 2.70. The number of carbonyl (C=O) groups is 2. The molecule has 0 radical (unpaired) electrons. The summed E-state index contributed by atoms with van der Waals surface area (Å²) in [5, 5.41) is 3.65. The van der Waals surface area contributed by atoms with Crippen molar-refractivity contribution in [2.45, 2.75) is 44.9 Å². The summed E-state index contributed by atoms with van der Waals surface area (Å²) in [6, 6.07) is -1.12. The molecular formula is C11H19N4O4+. The number of rotatable bonds is 2. The summed E-state index contributed by atoms with van der Waals surface area (Å²) < 4.78 is 9.90. The summed E-state index contributed by atoms with van der Waals surface area (Å²) in [6.45, 7) is 5.43. The third kappa shape index (κ3) is 4.03. The van der Waals surface area contributed by atoms with Gasteiger partial charge in [0.05, 0.1) is 13.7 Å². The van der Waals surface area contributed by atoms with Crippen LogP contribution in [0.3, 0.4) is 0 Å². The van der Waals surface area contributed by atoms with E-state index in [0.717, 1.165) is 0 Å². The van der Waals surface area contributed by atoms with Crippen LogP contribution < -0.4 is 4.91 Å². The van der Waals surface area contributed by atoms with E-state index >= 15 is 0 Å². The second kappa shape index (κ2) is 5.79. The number of likely N-dealkylation sites (tertiary alicyclic amines) is 1. The summed E-state index contributed by atoms with van der Waals surface area (Å²) >= 11 is 0. The molecule has 1 N–H and O–H groups in total. The van der Waals surface area contributed by atoms with Crippen LogP contribution in [-0.4, -0.2) is 48.3 Å². The van der Waals surface area contributed by atoms with Crippen LogP contribution in [0.1, 0.15) is 27.2 Å². The average molecular weight is 271 g/mol. The highest BCUT2D eigenvalue weighted by molar-refractivity contribution is 5.82. The van der Waals surface area contributed by atoms with E-state index in [4.69, 9.17) is 10.3 Å². The van der Waals surface area contributed by atoms with Crippen LogP contribution in [0.25, 0.3) is 0 Å². The minimum absolute atomic E-state index is 0.192. The normalized spacial score (nSPS) is 22.6. The molecule has 8 nitrogen and oxygen atoms in total. The van der Waals surface area contributed by atoms with Crippen LogP contribution >= 0.6 is 0 Å².